The van der Waals surface area contributed by atoms with Crippen LogP contribution in [0.2, 0.25) is 0 Å². The van der Waals surface area contributed by atoms with Crippen molar-refractivity contribution in [1.29, 1.82) is 0 Å². The van der Waals surface area contributed by atoms with E-state index >= 15 is 0 Å². The van der Waals surface area contributed by atoms with Gasteiger partial charge in [0.25, 0.3) is 0 Å². The molecule has 0 N–H and O–H groups in total. The molecule has 168 valence electrons. The summed E-state index contributed by atoms with van der Waals surface area (Å²) in [7, 11) is -1.66. The largest absolute Gasteiger partial charge is 0.485 e. The summed E-state index contributed by atoms with van der Waals surface area (Å²) in [5.74, 6) is 1.58. The van der Waals surface area contributed by atoms with Crippen molar-refractivity contribution in [2.24, 2.45) is 0 Å². The molecule has 1 fully saturated rings. The second-order valence-corrected chi connectivity index (χ2v) is 10.4. The summed E-state index contributed by atoms with van der Waals surface area (Å²) in [5.41, 5.74) is 1.48. The molecule has 1 aromatic heterocycles. The van der Waals surface area contributed by atoms with Gasteiger partial charge >= 0.3 is 0 Å². The second-order valence-electron chi connectivity index (χ2n) is 8.45. The SMILES string of the molecule is COCCc1ncc(CN2CCC3(CC2)CN(S(C)(=O)=O)Cc2ccccc2O3)cn1. The van der Waals surface area contributed by atoms with Gasteiger partial charge in [0.1, 0.15) is 17.2 Å². The first-order chi connectivity index (χ1) is 14.9. The van der Waals surface area contributed by atoms with Gasteiger partial charge in [0.15, 0.2) is 0 Å². The fourth-order valence-electron chi connectivity index (χ4n) is 4.22. The lowest BCUT2D eigenvalue weighted by Gasteiger charge is -2.42. The Balaban J connectivity index is 1.43. The lowest BCUT2D eigenvalue weighted by atomic mass is 9.90. The van der Waals surface area contributed by atoms with E-state index in [1.807, 2.05) is 36.7 Å². The zero-order chi connectivity index (χ0) is 21.9. The van der Waals surface area contributed by atoms with Crippen LogP contribution in [0.5, 0.6) is 5.75 Å². The predicted octanol–water partition coefficient (Wildman–Crippen LogP) is 1.85. The van der Waals surface area contributed by atoms with Crippen molar-refractivity contribution in [3.05, 3.63) is 53.6 Å². The van der Waals surface area contributed by atoms with Crippen LogP contribution in [0.4, 0.5) is 0 Å². The first-order valence-corrected chi connectivity index (χ1v) is 12.4. The molecule has 1 aromatic carbocycles. The smallest absolute Gasteiger partial charge is 0.211 e. The highest BCUT2D eigenvalue weighted by atomic mass is 32.2. The molecular weight excluding hydrogens is 416 g/mol. The number of likely N-dealkylation sites (tertiary alicyclic amines) is 1. The lowest BCUT2D eigenvalue weighted by molar-refractivity contribution is -0.00748. The van der Waals surface area contributed by atoms with E-state index < -0.39 is 15.6 Å². The minimum atomic E-state index is -3.33. The van der Waals surface area contributed by atoms with Crippen LogP contribution in [0.15, 0.2) is 36.7 Å². The first-order valence-electron chi connectivity index (χ1n) is 10.6. The van der Waals surface area contributed by atoms with Crippen LogP contribution >= 0.6 is 0 Å². The molecule has 3 heterocycles. The van der Waals surface area contributed by atoms with Gasteiger partial charge in [-0.05, 0) is 6.07 Å². The Bertz CT molecular complexity index is 989. The quantitative estimate of drug-likeness (QED) is 0.670. The average Bonchev–Trinajstić information content (AvgIpc) is 2.92. The molecule has 0 radical (unpaired) electrons. The van der Waals surface area contributed by atoms with E-state index in [0.717, 1.165) is 55.2 Å². The maximum atomic E-state index is 12.4. The number of hydrogen-bond donors (Lipinski definition) is 0. The Hall–Kier alpha value is -2.07. The minimum Gasteiger partial charge on any atom is -0.485 e. The molecule has 1 spiro atoms. The summed E-state index contributed by atoms with van der Waals surface area (Å²) in [5, 5.41) is 0. The summed E-state index contributed by atoms with van der Waals surface area (Å²) < 4.78 is 37.9. The van der Waals surface area contributed by atoms with E-state index in [2.05, 4.69) is 14.9 Å². The van der Waals surface area contributed by atoms with Crippen LogP contribution < -0.4 is 4.74 Å². The van der Waals surface area contributed by atoms with E-state index in [1.165, 1.54) is 6.26 Å². The molecule has 2 aliphatic rings. The zero-order valence-corrected chi connectivity index (χ0v) is 19.0. The first kappa shape index (κ1) is 22.1. The van der Waals surface area contributed by atoms with Gasteiger partial charge in [-0.1, -0.05) is 18.2 Å². The molecule has 1 saturated heterocycles. The highest BCUT2D eigenvalue weighted by Crippen LogP contribution is 2.36. The third-order valence-corrected chi connectivity index (χ3v) is 7.24. The standard InChI is InChI=1S/C22H30N4O4S/c1-29-12-7-21-23-13-18(14-24-21)15-25-10-8-22(9-11-25)17-26(31(2,27)28)16-19-5-3-4-6-20(19)30-22/h3-6,13-14H,7-12,15-17H2,1-2H3. The summed E-state index contributed by atoms with van der Waals surface area (Å²) in [6.07, 6.45) is 7.28. The van der Waals surface area contributed by atoms with Crippen molar-refractivity contribution in [3.8, 4) is 5.75 Å². The average molecular weight is 447 g/mol. The van der Waals surface area contributed by atoms with Crippen LogP contribution in [-0.4, -0.2) is 72.8 Å². The van der Waals surface area contributed by atoms with E-state index in [9.17, 15) is 8.42 Å². The number of ether oxygens (including phenoxy) is 2. The molecule has 0 aliphatic carbocycles. The van der Waals surface area contributed by atoms with Crippen LogP contribution in [0.3, 0.4) is 0 Å². The van der Waals surface area contributed by atoms with Gasteiger partial charge in [-0.2, -0.15) is 4.31 Å². The Morgan fingerprint density at radius 3 is 2.55 bits per heavy atom. The highest BCUT2D eigenvalue weighted by Gasteiger charge is 2.42. The topological polar surface area (TPSA) is 84.9 Å². The number of piperidine rings is 1. The number of nitrogens with zero attached hydrogens (tertiary/aromatic N) is 4. The Morgan fingerprint density at radius 2 is 1.87 bits per heavy atom. The lowest BCUT2D eigenvalue weighted by Crippen LogP contribution is -2.53. The Labute approximate surface area is 184 Å². The van der Waals surface area contributed by atoms with Crippen LogP contribution in [0.1, 0.15) is 29.8 Å². The van der Waals surface area contributed by atoms with Crippen molar-refractivity contribution in [3.63, 3.8) is 0 Å². The van der Waals surface area contributed by atoms with Crippen molar-refractivity contribution in [1.82, 2.24) is 19.2 Å². The van der Waals surface area contributed by atoms with Crippen molar-refractivity contribution in [2.45, 2.75) is 38.0 Å². The monoisotopic (exact) mass is 446 g/mol. The zero-order valence-electron chi connectivity index (χ0n) is 18.2. The fraction of sp³-hybridized carbons (Fsp3) is 0.545. The molecule has 8 nitrogen and oxygen atoms in total. The Kier molecular flexibility index (Phi) is 6.57. The summed E-state index contributed by atoms with van der Waals surface area (Å²) >= 11 is 0. The fourth-order valence-corrected chi connectivity index (χ4v) is 5.07. The number of benzene rings is 1. The van der Waals surface area contributed by atoms with Gasteiger partial charge < -0.3 is 9.47 Å². The van der Waals surface area contributed by atoms with E-state index in [-0.39, 0.29) is 0 Å². The van der Waals surface area contributed by atoms with Crippen molar-refractivity contribution in [2.75, 3.05) is 39.6 Å². The van der Waals surface area contributed by atoms with Crippen molar-refractivity contribution < 1.29 is 17.9 Å². The van der Waals surface area contributed by atoms with Gasteiger partial charge in [0.2, 0.25) is 10.0 Å². The molecular formula is C22H30N4O4S. The molecule has 2 aromatic rings. The highest BCUT2D eigenvalue weighted by molar-refractivity contribution is 7.88. The molecule has 0 unspecified atom stereocenters. The number of sulfonamides is 1. The third-order valence-electron chi connectivity index (χ3n) is 6.04. The summed E-state index contributed by atoms with van der Waals surface area (Å²) in [6, 6.07) is 7.75. The number of rotatable bonds is 6. The van der Waals surface area contributed by atoms with E-state index in [4.69, 9.17) is 9.47 Å². The van der Waals surface area contributed by atoms with Gasteiger partial charge in [-0.25, -0.2) is 18.4 Å². The Morgan fingerprint density at radius 1 is 1.16 bits per heavy atom. The van der Waals surface area contributed by atoms with Gasteiger partial charge in [0.05, 0.1) is 19.4 Å². The number of para-hydroxylation sites is 1. The predicted molar refractivity (Wildman–Crippen MR) is 117 cm³/mol. The molecule has 4 rings (SSSR count). The molecule has 0 bridgehead atoms. The number of fused-ring (bicyclic) bond motifs is 1. The summed E-state index contributed by atoms with van der Waals surface area (Å²) in [6.45, 7) is 3.77. The normalized spacial score (nSPS) is 19.5. The van der Waals surface area contributed by atoms with Gasteiger partial charge in [-0.15, -0.1) is 0 Å². The molecule has 31 heavy (non-hydrogen) atoms. The molecule has 2 aliphatic heterocycles. The van der Waals surface area contributed by atoms with Gasteiger partial charge in [-0.3, -0.25) is 4.90 Å². The maximum Gasteiger partial charge on any atom is 0.211 e. The van der Waals surface area contributed by atoms with Crippen LogP contribution in [0, 0.1) is 0 Å². The maximum absolute atomic E-state index is 12.4. The molecule has 0 saturated carbocycles. The minimum absolute atomic E-state index is 0.354. The molecule has 0 amide bonds. The van der Waals surface area contributed by atoms with Crippen LogP contribution in [0.25, 0.3) is 0 Å². The van der Waals surface area contributed by atoms with Crippen molar-refractivity contribution >= 4 is 10.0 Å². The summed E-state index contributed by atoms with van der Waals surface area (Å²) in [4.78, 5) is 11.2. The third kappa shape index (κ3) is 5.41. The van der Waals surface area contributed by atoms with E-state index in [0.29, 0.717) is 26.1 Å². The molecule has 0 atom stereocenters. The number of aromatic nitrogens is 2. The van der Waals surface area contributed by atoms with Crippen LogP contribution in [-0.2, 0) is 34.3 Å². The van der Waals surface area contributed by atoms with E-state index in [1.54, 1.807) is 11.4 Å². The number of hydrogen-bond acceptors (Lipinski definition) is 7. The van der Waals surface area contributed by atoms with Gasteiger partial charge in [0, 0.05) is 76.1 Å². The number of methoxy groups -OCH3 is 1. The molecule has 9 heteroatoms. The second kappa shape index (κ2) is 9.20.